The molecule has 1 amide bonds. The van der Waals surface area contributed by atoms with Crippen LogP contribution in [0.5, 0.6) is 0 Å². The lowest BCUT2D eigenvalue weighted by atomic mass is 10.2. The van der Waals surface area contributed by atoms with Gasteiger partial charge in [-0.1, -0.05) is 17.7 Å². The molecule has 0 aliphatic carbocycles. The van der Waals surface area contributed by atoms with Crippen LogP contribution in [0.25, 0.3) is 0 Å². The molecule has 1 aromatic heterocycles. The van der Waals surface area contributed by atoms with Crippen molar-refractivity contribution in [3.63, 3.8) is 0 Å². The molecule has 0 atom stereocenters. The molecule has 0 saturated carbocycles. The molecule has 0 fully saturated rings. The summed E-state index contributed by atoms with van der Waals surface area (Å²) in [6.07, 6.45) is 1.50. The second kappa shape index (κ2) is 7.41. The quantitative estimate of drug-likeness (QED) is 0.635. The molecule has 1 heterocycles. The maximum absolute atomic E-state index is 12.4. The van der Waals surface area contributed by atoms with Crippen molar-refractivity contribution in [1.29, 1.82) is 0 Å². The highest BCUT2D eigenvalue weighted by Crippen LogP contribution is 2.14. The predicted octanol–water partition coefficient (Wildman–Crippen LogP) is 1.75. The summed E-state index contributed by atoms with van der Waals surface area (Å²) in [7, 11) is -2.38. The summed E-state index contributed by atoms with van der Waals surface area (Å²) in [5.74, 6) is -0.0185. The molecule has 0 unspecified atom stereocenters. The number of carbonyl (C=O) groups excluding carboxylic acids is 1. The van der Waals surface area contributed by atoms with E-state index in [-0.39, 0.29) is 11.4 Å². The van der Waals surface area contributed by atoms with Gasteiger partial charge in [0.25, 0.3) is 5.91 Å². The molecule has 0 aliphatic rings. The zero-order valence-corrected chi connectivity index (χ0v) is 14.5. The van der Waals surface area contributed by atoms with Crippen LogP contribution in [0.1, 0.15) is 18.2 Å². The third-order valence-electron chi connectivity index (χ3n) is 3.32. The van der Waals surface area contributed by atoms with Crippen molar-refractivity contribution in [2.45, 2.75) is 18.7 Å². The van der Waals surface area contributed by atoms with Gasteiger partial charge in [0.05, 0.1) is 17.7 Å². The van der Waals surface area contributed by atoms with Crippen LogP contribution in [0, 0.1) is 6.92 Å². The Morgan fingerprint density at radius 2 is 1.92 bits per heavy atom. The zero-order chi connectivity index (χ0) is 17.7. The summed E-state index contributed by atoms with van der Waals surface area (Å²) in [5.41, 5.74) is 3.76. The summed E-state index contributed by atoms with van der Waals surface area (Å²) in [5, 5.41) is 3.89. The average Bonchev–Trinajstić information content (AvgIpc) is 3.07. The fourth-order valence-corrected chi connectivity index (χ4v) is 3.03. The van der Waals surface area contributed by atoms with Crippen molar-refractivity contribution in [3.8, 4) is 0 Å². The third-order valence-corrected chi connectivity index (χ3v) is 5.14. The molecule has 0 radical (unpaired) electrons. The second-order valence-corrected chi connectivity index (χ2v) is 7.33. The molecule has 1 N–H and O–H groups in total. The van der Waals surface area contributed by atoms with E-state index in [1.165, 1.54) is 25.4 Å². The fraction of sp³-hybridized carbons (Fsp3) is 0.250. The van der Waals surface area contributed by atoms with E-state index < -0.39 is 15.9 Å². The van der Waals surface area contributed by atoms with E-state index in [4.69, 9.17) is 4.42 Å². The number of amides is 1. The first-order valence-corrected chi connectivity index (χ1v) is 8.64. The maximum atomic E-state index is 12.4. The van der Waals surface area contributed by atoms with Crippen LogP contribution < -0.4 is 5.43 Å². The fourth-order valence-electron chi connectivity index (χ4n) is 1.90. The molecule has 24 heavy (non-hydrogen) atoms. The van der Waals surface area contributed by atoms with Gasteiger partial charge in [-0.05, 0) is 38.1 Å². The molecule has 0 bridgehead atoms. The molecular formula is C16H19N3O4S. The summed E-state index contributed by atoms with van der Waals surface area (Å²) in [4.78, 5) is 12.0. The molecule has 7 nitrogen and oxygen atoms in total. The van der Waals surface area contributed by atoms with E-state index in [1.54, 1.807) is 31.2 Å². The van der Waals surface area contributed by atoms with Gasteiger partial charge in [-0.15, -0.1) is 0 Å². The highest BCUT2D eigenvalue weighted by molar-refractivity contribution is 7.89. The minimum atomic E-state index is -3.73. The van der Waals surface area contributed by atoms with E-state index >= 15 is 0 Å². The Bertz CT molecular complexity index is 825. The number of sulfonamides is 1. The predicted molar refractivity (Wildman–Crippen MR) is 90.1 cm³/mol. The van der Waals surface area contributed by atoms with Crippen LogP contribution >= 0.6 is 0 Å². The van der Waals surface area contributed by atoms with Crippen molar-refractivity contribution in [3.05, 3.63) is 54.0 Å². The number of hydrogen-bond acceptors (Lipinski definition) is 5. The van der Waals surface area contributed by atoms with Gasteiger partial charge in [0, 0.05) is 7.05 Å². The van der Waals surface area contributed by atoms with E-state index in [1.807, 2.05) is 6.92 Å². The Hall–Kier alpha value is -2.45. The normalized spacial score (nSPS) is 12.4. The smallest absolute Gasteiger partial charge is 0.255 e. The summed E-state index contributed by atoms with van der Waals surface area (Å²) in [6, 6.07) is 9.85. The van der Waals surface area contributed by atoms with E-state index in [0.29, 0.717) is 11.5 Å². The van der Waals surface area contributed by atoms with Crippen molar-refractivity contribution < 1.29 is 17.6 Å². The lowest BCUT2D eigenvalue weighted by Crippen LogP contribution is -2.36. The third kappa shape index (κ3) is 4.30. The molecule has 0 aliphatic heterocycles. The lowest BCUT2D eigenvalue weighted by Gasteiger charge is -2.16. The SMILES string of the molecule is C/C(=N\NC(=O)CN(C)S(=O)(=O)c1ccc(C)cc1)c1ccco1. The number of carbonyl (C=O) groups is 1. The van der Waals surface area contributed by atoms with Crippen LogP contribution in [0.4, 0.5) is 0 Å². The number of rotatable bonds is 6. The Morgan fingerprint density at radius 3 is 2.50 bits per heavy atom. The van der Waals surface area contributed by atoms with Crippen LogP contribution in [0.15, 0.2) is 57.1 Å². The number of aryl methyl sites for hydroxylation is 1. The summed E-state index contributed by atoms with van der Waals surface area (Å²) < 4.78 is 30.9. The summed E-state index contributed by atoms with van der Waals surface area (Å²) >= 11 is 0. The van der Waals surface area contributed by atoms with Crippen molar-refractivity contribution in [2.24, 2.45) is 5.10 Å². The van der Waals surface area contributed by atoms with Crippen LogP contribution in [0.3, 0.4) is 0 Å². The molecule has 0 spiro atoms. The van der Waals surface area contributed by atoms with Gasteiger partial charge in [-0.3, -0.25) is 4.79 Å². The van der Waals surface area contributed by atoms with Gasteiger partial charge in [-0.2, -0.15) is 9.41 Å². The van der Waals surface area contributed by atoms with Crippen LogP contribution in [-0.4, -0.2) is 37.9 Å². The highest BCUT2D eigenvalue weighted by Gasteiger charge is 2.22. The summed E-state index contributed by atoms with van der Waals surface area (Å²) in [6.45, 7) is 3.20. The van der Waals surface area contributed by atoms with E-state index in [2.05, 4.69) is 10.5 Å². The van der Waals surface area contributed by atoms with Crippen molar-refractivity contribution in [1.82, 2.24) is 9.73 Å². The van der Waals surface area contributed by atoms with Gasteiger partial charge in [0.2, 0.25) is 10.0 Å². The number of nitrogens with zero attached hydrogens (tertiary/aromatic N) is 2. The van der Waals surface area contributed by atoms with E-state index in [9.17, 15) is 13.2 Å². The first-order valence-electron chi connectivity index (χ1n) is 7.20. The van der Waals surface area contributed by atoms with E-state index in [0.717, 1.165) is 9.87 Å². The minimum absolute atomic E-state index is 0.138. The van der Waals surface area contributed by atoms with Gasteiger partial charge in [0.15, 0.2) is 0 Å². The van der Waals surface area contributed by atoms with Gasteiger partial charge in [0.1, 0.15) is 11.5 Å². The minimum Gasteiger partial charge on any atom is -0.463 e. The number of hydrogen-bond donors (Lipinski definition) is 1. The Labute approximate surface area is 141 Å². The molecule has 0 saturated heterocycles. The standard InChI is InChI=1S/C16H19N3O4S/c1-12-6-8-14(9-7-12)24(21,22)19(3)11-16(20)18-17-13(2)15-5-4-10-23-15/h4-10H,11H2,1-3H3,(H,18,20)/b17-13+. The first kappa shape index (κ1) is 17.9. The zero-order valence-electron chi connectivity index (χ0n) is 13.7. The molecule has 128 valence electrons. The van der Waals surface area contributed by atoms with Crippen LogP contribution in [-0.2, 0) is 14.8 Å². The number of benzene rings is 1. The maximum Gasteiger partial charge on any atom is 0.255 e. The largest absolute Gasteiger partial charge is 0.463 e. The Balaban J connectivity index is 2.00. The number of nitrogens with one attached hydrogen (secondary N) is 1. The van der Waals surface area contributed by atoms with Crippen molar-refractivity contribution >= 4 is 21.6 Å². The molecule has 2 aromatic rings. The Morgan fingerprint density at radius 1 is 1.25 bits per heavy atom. The number of furan rings is 1. The second-order valence-electron chi connectivity index (χ2n) is 5.28. The number of likely N-dealkylation sites (N-methyl/N-ethyl adjacent to an activating group) is 1. The van der Waals surface area contributed by atoms with Crippen molar-refractivity contribution in [2.75, 3.05) is 13.6 Å². The molecule has 2 rings (SSSR count). The van der Waals surface area contributed by atoms with Gasteiger partial charge < -0.3 is 4.42 Å². The molecular weight excluding hydrogens is 330 g/mol. The monoisotopic (exact) mass is 349 g/mol. The number of hydrazone groups is 1. The molecule has 1 aromatic carbocycles. The highest BCUT2D eigenvalue weighted by atomic mass is 32.2. The topological polar surface area (TPSA) is 92.0 Å². The van der Waals surface area contributed by atoms with Gasteiger partial charge in [-0.25, -0.2) is 13.8 Å². The Kier molecular flexibility index (Phi) is 5.53. The lowest BCUT2D eigenvalue weighted by molar-refractivity contribution is -0.121. The van der Waals surface area contributed by atoms with Crippen LogP contribution in [0.2, 0.25) is 0 Å². The first-order chi connectivity index (χ1) is 11.3. The molecule has 8 heteroatoms. The van der Waals surface area contributed by atoms with Gasteiger partial charge >= 0.3 is 0 Å². The average molecular weight is 349 g/mol.